The normalized spacial score (nSPS) is 11.2. The minimum Gasteiger partial charge on any atom is -0.492 e. The maximum Gasteiger partial charge on any atom is 0.250 e. The van der Waals surface area contributed by atoms with Gasteiger partial charge in [0.2, 0.25) is 5.91 Å². The van der Waals surface area contributed by atoms with E-state index in [-0.39, 0.29) is 10.8 Å². The van der Waals surface area contributed by atoms with Crippen LogP contribution in [0.1, 0.15) is 11.8 Å². The van der Waals surface area contributed by atoms with E-state index in [0.29, 0.717) is 18.0 Å². The highest BCUT2D eigenvalue weighted by Crippen LogP contribution is 2.23. The van der Waals surface area contributed by atoms with Gasteiger partial charge in [-0.15, -0.1) is 11.3 Å². The molecule has 0 atom stereocenters. The lowest BCUT2D eigenvalue weighted by atomic mass is 10.3. The molecule has 124 valence electrons. The van der Waals surface area contributed by atoms with E-state index in [4.69, 9.17) is 4.74 Å². The average molecular weight is 354 g/mol. The van der Waals surface area contributed by atoms with Crippen LogP contribution in [0.3, 0.4) is 0 Å². The molecule has 23 heavy (non-hydrogen) atoms. The van der Waals surface area contributed by atoms with Crippen molar-refractivity contribution in [1.29, 1.82) is 0 Å². The van der Waals surface area contributed by atoms with Gasteiger partial charge in [0, 0.05) is 4.88 Å². The van der Waals surface area contributed by atoms with Crippen molar-refractivity contribution < 1.29 is 17.9 Å². The van der Waals surface area contributed by atoms with Gasteiger partial charge < -0.3 is 10.1 Å². The number of carbonyl (C=O) groups is 1. The second-order valence-electron chi connectivity index (χ2n) is 4.67. The summed E-state index contributed by atoms with van der Waals surface area (Å²) < 4.78 is 32.0. The largest absolute Gasteiger partial charge is 0.492 e. The molecule has 0 spiro atoms. The fraction of sp³-hybridized carbons (Fsp3) is 0.267. The predicted octanol–water partition coefficient (Wildman–Crippen LogP) is 2.37. The molecule has 8 heteroatoms. The number of para-hydroxylation sites is 2. The first-order valence-corrected chi connectivity index (χ1v) is 9.30. The van der Waals surface area contributed by atoms with Crippen LogP contribution < -0.4 is 14.8 Å². The number of carbonyl (C=O) groups excluding carboxylic acids is 1. The Kier molecular flexibility index (Phi) is 5.75. The van der Waals surface area contributed by atoms with Gasteiger partial charge in [0.25, 0.3) is 10.0 Å². The highest BCUT2D eigenvalue weighted by atomic mass is 32.2. The fourth-order valence-electron chi connectivity index (χ4n) is 1.83. The van der Waals surface area contributed by atoms with E-state index in [1.54, 1.807) is 30.3 Å². The van der Waals surface area contributed by atoms with Crippen LogP contribution in [-0.4, -0.2) is 27.5 Å². The lowest BCUT2D eigenvalue weighted by Gasteiger charge is -2.11. The maximum absolute atomic E-state index is 12.1. The number of rotatable bonds is 7. The predicted molar refractivity (Wildman–Crippen MR) is 90.5 cm³/mol. The molecule has 1 amide bonds. The number of thiophene rings is 1. The molecule has 0 saturated heterocycles. The van der Waals surface area contributed by atoms with E-state index >= 15 is 0 Å². The summed E-state index contributed by atoms with van der Waals surface area (Å²) in [6, 6.07) is 10.2. The van der Waals surface area contributed by atoms with Crippen molar-refractivity contribution in [2.24, 2.45) is 0 Å². The molecule has 1 aromatic heterocycles. The fourth-order valence-corrected chi connectivity index (χ4v) is 4.14. The number of anilines is 1. The molecule has 0 radical (unpaired) electrons. The average Bonchev–Trinajstić information content (AvgIpc) is 2.95. The van der Waals surface area contributed by atoms with Gasteiger partial charge in [0.05, 0.1) is 18.8 Å². The Bertz CT molecular complexity index is 784. The molecule has 6 nitrogen and oxygen atoms in total. The summed E-state index contributed by atoms with van der Waals surface area (Å²) in [6.07, 6.45) is 0. The number of amides is 1. The van der Waals surface area contributed by atoms with Crippen LogP contribution in [0.4, 0.5) is 5.69 Å². The van der Waals surface area contributed by atoms with E-state index < -0.39 is 15.9 Å². The van der Waals surface area contributed by atoms with Gasteiger partial charge in [-0.2, -0.15) is 0 Å². The SMILES string of the molecule is CCOc1ccccc1NC(=O)CNS(=O)(=O)c1ccc(C)s1. The van der Waals surface area contributed by atoms with E-state index in [1.807, 2.05) is 13.8 Å². The van der Waals surface area contributed by atoms with Crippen LogP contribution in [0.15, 0.2) is 40.6 Å². The molecule has 0 aliphatic heterocycles. The monoisotopic (exact) mass is 354 g/mol. The zero-order valence-corrected chi connectivity index (χ0v) is 14.5. The third-order valence-electron chi connectivity index (χ3n) is 2.86. The Labute approximate surface area is 139 Å². The highest BCUT2D eigenvalue weighted by molar-refractivity contribution is 7.91. The van der Waals surface area contributed by atoms with Crippen LogP contribution in [-0.2, 0) is 14.8 Å². The standard InChI is InChI=1S/C15H18N2O4S2/c1-3-21-13-7-5-4-6-12(13)17-14(18)10-16-23(19,20)15-9-8-11(2)22-15/h4-9,16H,3,10H2,1-2H3,(H,17,18). The second kappa shape index (κ2) is 7.58. The van der Waals surface area contributed by atoms with Gasteiger partial charge in [-0.05, 0) is 38.1 Å². The Morgan fingerprint density at radius 1 is 1.22 bits per heavy atom. The number of sulfonamides is 1. The van der Waals surface area contributed by atoms with Gasteiger partial charge >= 0.3 is 0 Å². The summed E-state index contributed by atoms with van der Waals surface area (Å²) in [7, 11) is -3.67. The smallest absolute Gasteiger partial charge is 0.250 e. The molecule has 0 aliphatic rings. The molecule has 0 bridgehead atoms. The van der Waals surface area contributed by atoms with Gasteiger partial charge in [0.15, 0.2) is 0 Å². The summed E-state index contributed by atoms with van der Waals surface area (Å²) >= 11 is 1.16. The summed E-state index contributed by atoms with van der Waals surface area (Å²) in [6.45, 7) is 3.79. The zero-order chi connectivity index (χ0) is 16.9. The second-order valence-corrected chi connectivity index (χ2v) is 7.95. The zero-order valence-electron chi connectivity index (χ0n) is 12.8. The van der Waals surface area contributed by atoms with Crippen molar-refractivity contribution in [3.8, 4) is 5.75 Å². The minimum atomic E-state index is -3.67. The molecule has 1 aromatic carbocycles. The van der Waals surface area contributed by atoms with Crippen LogP contribution in [0.2, 0.25) is 0 Å². The number of benzene rings is 1. The molecular formula is C15H18N2O4S2. The molecule has 2 N–H and O–H groups in total. The van der Waals surface area contributed by atoms with Crippen molar-refractivity contribution in [3.05, 3.63) is 41.3 Å². The Balaban J connectivity index is 1.98. The number of nitrogens with one attached hydrogen (secondary N) is 2. The van der Waals surface area contributed by atoms with E-state index in [2.05, 4.69) is 10.0 Å². The number of ether oxygens (including phenoxy) is 1. The third kappa shape index (κ3) is 4.78. The first kappa shape index (κ1) is 17.5. The topological polar surface area (TPSA) is 84.5 Å². The van der Waals surface area contributed by atoms with Crippen LogP contribution in [0.5, 0.6) is 5.75 Å². The molecule has 2 aromatic rings. The number of hydrogen-bond acceptors (Lipinski definition) is 5. The molecule has 0 fully saturated rings. The summed E-state index contributed by atoms with van der Waals surface area (Å²) in [5, 5.41) is 2.64. The van der Waals surface area contributed by atoms with Crippen molar-refractivity contribution >= 4 is 33.0 Å². The van der Waals surface area contributed by atoms with E-state index in [1.165, 1.54) is 6.07 Å². The molecular weight excluding hydrogens is 336 g/mol. The molecule has 2 rings (SSSR count). The minimum absolute atomic E-state index is 0.192. The Morgan fingerprint density at radius 3 is 2.61 bits per heavy atom. The maximum atomic E-state index is 12.1. The summed E-state index contributed by atoms with van der Waals surface area (Å²) in [5.74, 6) is 0.0779. The van der Waals surface area contributed by atoms with Crippen LogP contribution in [0, 0.1) is 6.92 Å². The van der Waals surface area contributed by atoms with Gasteiger partial charge in [-0.1, -0.05) is 12.1 Å². The van der Waals surface area contributed by atoms with Crippen molar-refractivity contribution in [2.45, 2.75) is 18.1 Å². The van der Waals surface area contributed by atoms with E-state index in [9.17, 15) is 13.2 Å². The summed E-state index contributed by atoms with van der Waals surface area (Å²) in [5.41, 5.74) is 0.505. The van der Waals surface area contributed by atoms with Gasteiger partial charge in [-0.3, -0.25) is 4.79 Å². The molecule has 0 saturated carbocycles. The number of hydrogen-bond donors (Lipinski definition) is 2. The lowest BCUT2D eigenvalue weighted by Crippen LogP contribution is -2.32. The first-order valence-electron chi connectivity index (χ1n) is 7.00. The molecule has 0 aliphatic carbocycles. The van der Waals surface area contributed by atoms with Crippen LogP contribution >= 0.6 is 11.3 Å². The Morgan fingerprint density at radius 2 is 1.96 bits per heavy atom. The molecule has 1 heterocycles. The molecule has 0 unspecified atom stereocenters. The summed E-state index contributed by atoms with van der Waals surface area (Å²) in [4.78, 5) is 12.9. The van der Waals surface area contributed by atoms with Gasteiger partial charge in [-0.25, -0.2) is 13.1 Å². The van der Waals surface area contributed by atoms with Crippen molar-refractivity contribution in [3.63, 3.8) is 0 Å². The van der Waals surface area contributed by atoms with Crippen molar-refractivity contribution in [2.75, 3.05) is 18.5 Å². The quantitative estimate of drug-likeness (QED) is 0.799. The van der Waals surface area contributed by atoms with Crippen LogP contribution in [0.25, 0.3) is 0 Å². The van der Waals surface area contributed by atoms with Gasteiger partial charge in [0.1, 0.15) is 9.96 Å². The Hall–Kier alpha value is -1.90. The first-order chi connectivity index (χ1) is 10.9. The van der Waals surface area contributed by atoms with E-state index in [0.717, 1.165) is 16.2 Å². The third-order valence-corrected chi connectivity index (χ3v) is 5.76. The van der Waals surface area contributed by atoms with Crippen molar-refractivity contribution in [1.82, 2.24) is 4.72 Å². The lowest BCUT2D eigenvalue weighted by molar-refractivity contribution is -0.115. The highest BCUT2D eigenvalue weighted by Gasteiger charge is 2.17. The number of aryl methyl sites for hydroxylation is 1.